The van der Waals surface area contributed by atoms with E-state index in [4.69, 9.17) is 8.83 Å². The lowest BCUT2D eigenvalue weighted by Crippen LogP contribution is -2.07. The Morgan fingerprint density at radius 1 is 0.889 bits per heavy atom. The normalized spacial score (nSPS) is 11.0. The van der Waals surface area contributed by atoms with E-state index < -0.39 is 0 Å². The quantitative estimate of drug-likeness (QED) is 0.496. The summed E-state index contributed by atoms with van der Waals surface area (Å²) in [6, 6.07) is 23.0. The van der Waals surface area contributed by atoms with Crippen LogP contribution in [0.2, 0.25) is 0 Å². The summed E-state index contributed by atoms with van der Waals surface area (Å²) in [6.45, 7) is 0. The first-order valence-corrected chi connectivity index (χ1v) is 8.44. The van der Waals surface area contributed by atoms with Crippen LogP contribution in [0.3, 0.4) is 0 Å². The summed E-state index contributed by atoms with van der Waals surface area (Å²) >= 11 is 0. The van der Waals surface area contributed by atoms with Gasteiger partial charge in [-0.05, 0) is 18.2 Å². The zero-order chi connectivity index (χ0) is 18.5. The minimum absolute atomic E-state index is 0.141. The van der Waals surface area contributed by atoms with E-state index in [9.17, 15) is 4.79 Å². The average molecular weight is 356 g/mol. The monoisotopic (exact) mass is 356 g/mol. The Morgan fingerprint density at radius 3 is 2.26 bits per heavy atom. The molecule has 0 aliphatic heterocycles. The molecule has 4 aromatic rings. The first kappa shape index (κ1) is 16.6. The molecule has 4 rings (SSSR count). The molecular weight excluding hydrogens is 340 g/mol. The number of carbonyl (C=O) groups excluding carboxylic acids is 1. The third-order valence-corrected chi connectivity index (χ3v) is 3.88. The SMILES string of the molecule is O=C(C=Cc1ccco1)Nc1nc(-c2ccccc2)c(-c2ccccc2)o1. The van der Waals surface area contributed by atoms with Crippen molar-refractivity contribution in [2.75, 3.05) is 5.32 Å². The second-order valence-corrected chi connectivity index (χ2v) is 5.77. The molecule has 0 radical (unpaired) electrons. The number of benzene rings is 2. The first-order valence-electron chi connectivity index (χ1n) is 8.44. The lowest BCUT2D eigenvalue weighted by atomic mass is 10.1. The van der Waals surface area contributed by atoms with Gasteiger partial charge in [0.25, 0.3) is 5.91 Å². The Balaban J connectivity index is 1.64. The number of furan rings is 1. The molecule has 0 fully saturated rings. The number of nitrogens with one attached hydrogen (secondary N) is 1. The maximum Gasteiger partial charge on any atom is 0.302 e. The van der Waals surface area contributed by atoms with Gasteiger partial charge in [-0.2, -0.15) is 4.98 Å². The van der Waals surface area contributed by atoms with Crippen molar-refractivity contribution < 1.29 is 13.6 Å². The van der Waals surface area contributed by atoms with Gasteiger partial charge in [-0.15, -0.1) is 0 Å². The Morgan fingerprint density at radius 2 is 1.59 bits per heavy atom. The Hall–Kier alpha value is -3.86. The first-order chi connectivity index (χ1) is 13.3. The van der Waals surface area contributed by atoms with Gasteiger partial charge in [-0.3, -0.25) is 10.1 Å². The zero-order valence-corrected chi connectivity index (χ0v) is 14.3. The molecule has 2 aromatic heterocycles. The summed E-state index contributed by atoms with van der Waals surface area (Å²) in [5, 5.41) is 2.66. The molecule has 1 N–H and O–H groups in total. The summed E-state index contributed by atoms with van der Waals surface area (Å²) in [4.78, 5) is 16.6. The van der Waals surface area contributed by atoms with Gasteiger partial charge in [0.15, 0.2) is 5.76 Å². The Bertz CT molecular complexity index is 993. The van der Waals surface area contributed by atoms with Crippen LogP contribution in [-0.4, -0.2) is 10.9 Å². The molecule has 0 saturated heterocycles. The fraction of sp³-hybridized carbons (Fsp3) is 0. The van der Waals surface area contributed by atoms with Crippen molar-refractivity contribution in [2.45, 2.75) is 0 Å². The summed E-state index contributed by atoms with van der Waals surface area (Å²) in [7, 11) is 0. The van der Waals surface area contributed by atoms with E-state index in [2.05, 4.69) is 10.3 Å². The lowest BCUT2D eigenvalue weighted by Gasteiger charge is -2.00. The summed E-state index contributed by atoms with van der Waals surface area (Å²) in [6.07, 6.45) is 4.49. The van der Waals surface area contributed by atoms with Crippen LogP contribution < -0.4 is 5.32 Å². The zero-order valence-electron chi connectivity index (χ0n) is 14.3. The van der Waals surface area contributed by atoms with Crippen LogP contribution in [-0.2, 0) is 4.79 Å². The molecule has 0 saturated carbocycles. The number of oxazole rings is 1. The molecule has 0 atom stereocenters. The minimum Gasteiger partial charge on any atom is -0.465 e. The molecule has 132 valence electrons. The number of carbonyl (C=O) groups is 1. The van der Waals surface area contributed by atoms with Crippen molar-refractivity contribution in [3.63, 3.8) is 0 Å². The van der Waals surface area contributed by atoms with Crippen LogP contribution >= 0.6 is 0 Å². The highest BCUT2D eigenvalue weighted by Gasteiger charge is 2.17. The van der Waals surface area contributed by atoms with E-state index >= 15 is 0 Å². The third-order valence-electron chi connectivity index (χ3n) is 3.88. The molecule has 0 spiro atoms. The van der Waals surface area contributed by atoms with Gasteiger partial charge in [-0.25, -0.2) is 0 Å². The number of amides is 1. The molecular formula is C22H16N2O3. The molecule has 5 heteroatoms. The predicted octanol–water partition coefficient (Wildman–Crippen LogP) is 5.25. The maximum atomic E-state index is 12.2. The van der Waals surface area contributed by atoms with E-state index in [0.717, 1.165) is 11.1 Å². The number of rotatable bonds is 5. The molecule has 5 nitrogen and oxygen atoms in total. The van der Waals surface area contributed by atoms with E-state index in [1.54, 1.807) is 24.5 Å². The van der Waals surface area contributed by atoms with Gasteiger partial charge in [0.2, 0.25) is 0 Å². The second kappa shape index (κ2) is 7.58. The largest absolute Gasteiger partial charge is 0.465 e. The van der Waals surface area contributed by atoms with Crippen LogP contribution in [0.25, 0.3) is 28.7 Å². The molecule has 0 bridgehead atoms. The van der Waals surface area contributed by atoms with Crippen molar-refractivity contribution in [3.8, 4) is 22.6 Å². The number of hydrogen-bond acceptors (Lipinski definition) is 4. The Labute approximate surface area is 156 Å². The molecule has 1 amide bonds. The van der Waals surface area contributed by atoms with Crippen molar-refractivity contribution in [3.05, 3.63) is 90.9 Å². The van der Waals surface area contributed by atoms with Gasteiger partial charge in [0.05, 0.1) is 6.26 Å². The summed E-state index contributed by atoms with van der Waals surface area (Å²) in [5.41, 5.74) is 2.47. The second-order valence-electron chi connectivity index (χ2n) is 5.77. The van der Waals surface area contributed by atoms with Crippen molar-refractivity contribution >= 4 is 18.0 Å². The summed E-state index contributed by atoms with van der Waals surface area (Å²) < 4.78 is 11.0. The number of anilines is 1. The van der Waals surface area contributed by atoms with Crippen molar-refractivity contribution in [1.29, 1.82) is 0 Å². The smallest absolute Gasteiger partial charge is 0.302 e. The highest BCUT2D eigenvalue weighted by Crippen LogP contribution is 2.34. The van der Waals surface area contributed by atoms with E-state index in [0.29, 0.717) is 17.2 Å². The molecule has 2 aromatic carbocycles. The minimum atomic E-state index is -0.355. The van der Waals surface area contributed by atoms with Crippen LogP contribution in [0.4, 0.5) is 6.01 Å². The van der Waals surface area contributed by atoms with Gasteiger partial charge in [-0.1, -0.05) is 60.7 Å². The highest BCUT2D eigenvalue weighted by molar-refractivity contribution is 6.00. The molecule has 2 heterocycles. The highest BCUT2D eigenvalue weighted by atomic mass is 16.4. The van der Waals surface area contributed by atoms with Crippen molar-refractivity contribution in [1.82, 2.24) is 4.98 Å². The number of hydrogen-bond donors (Lipinski definition) is 1. The van der Waals surface area contributed by atoms with Crippen molar-refractivity contribution in [2.24, 2.45) is 0 Å². The van der Waals surface area contributed by atoms with Gasteiger partial charge in [0, 0.05) is 17.2 Å². The number of nitrogens with zero attached hydrogens (tertiary/aromatic N) is 1. The fourth-order valence-corrected chi connectivity index (χ4v) is 2.64. The lowest BCUT2D eigenvalue weighted by molar-refractivity contribution is -0.112. The van der Waals surface area contributed by atoms with Crippen LogP contribution in [0.1, 0.15) is 5.76 Å². The summed E-state index contributed by atoms with van der Waals surface area (Å²) in [5.74, 6) is 0.839. The average Bonchev–Trinajstić information content (AvgIpc) is 3.38. The van der Waals surface area contributed by atoms with Gasteiger partial charge in [0.1, 0.15) is 11.5 Å². The van der Waals surface area contributed by atoms with Crippen LogP contribution in [0.15, 0.2) is 94.0 Å². The molecule has 0 aliphatic rings. The predicted molar refractivity (Wildman–Crippen MR) is 104 cm³/mol. The maximum absolute atomic E-state index is 12.2. The van der Waals surface area contributed by atoms with Crippen LogP contribution in [0, 0.1) is 0 Å². The molecule has 0 aliphatic carbocycles. The van der Waals surface area contributed by atoms with Gasteiger partial charge < -0.3 is 8.83 Å². The number of aromatic nitrogens is 1. The van der Waals surface area contributed by atoms with E-state index in [1.165, 1.54) is 6.08 Å². The van der Waals surface area contributed by atoms with Crippen LogP contribution in [0.5, 0.6) is 0 Å². The fourth-order valence-electron chi connectivity index (χ4n) is 2.64. The topological polar surface area (TPSA) is 68.3 Å². The standard InChI is InChI=1S/C22H16N2O3/c25-19(14-13-18-12-7-15-26-18)23-22-24-20(16-8-3-1-4-9-16)21(27-22)17-10-5-2-6-11-17/h1-15H,(H,23,24,25). The van der Waals surface area contributed by atoms with E-state index in [-0.39, 0.29) is 11.9 Å². The Kier molecular flexibility index (Phi) is 4.66. The molecule has 27 heavy (non-hydrogen) atoms. The molecule has 0 unspecified atom stereocenters. The third kappa shape index (κ3) is 3.88. The van der Waals surface area contributed by atoms with E-state index in [1.807, 2.05) is 60.7 Å². The van der Waals surface area contributed by atoms with Gasteiger partial charge >= 0.3 is 6.01 Å².